The lowest BCUT2D eigenvalue weighted by molar-refractivity contribution is 0.446. The van der Waals surface area contributed by atoms with Crippen LogP contribution in [0.3, 0.4) is 0 Å². The van der Waals surface area contributed by atoms with E-state index in [1.807, 2.05) is 6.92 Å². The average Bonchev–Trinajstić information content (AvgIpc) is 2.51. The van der Waals surface area contributed by atoms with Gasteiger partial charge in [0.05, 0.1) is 0 Å². The van der Waals surface area contributed by atoms with Gasteiger partial charge in [-0.15, -0.1) is 11.3 Å². The third-order valence-electron chi connectivity index (χ3n) is 2.34. The summed E-state index contributed by atoms with van der Waals surface area (Å²) < 4.78 is 1.20. The van der Waals surface area contributed by atoms with Gasteiger partial charge in [-0.3, -0.25) is 0 Å². The molecule has 14 heavy (non-hydrogen) atoms. The second-order valence-electron chi connectivity index (χ2n) is 3.66. The summed E-state index contributed by atoms with van der Waals surface area (Å²) in [5.74, 6) is 0.522. The second-order valence-corrected chi connectivity index (χ2v) is 5.51. The Morgan fingerprint density at radius 1 is 1.57 bits per heavy atom. The maximum absolute atomic E-state index is 5.78. The topological polar surface area (TPSA) is 38.0 Å². The molecule has 0 saturated carbocycles. The van der Waals surface area contributed by atoms with Gasteiger partial charge in [0.2, 0.25) is 0 Å². The summed E-state index contributed by atoms with van der Waals surface area (Å²) in [4.78, 5) is 1.35. The van der Waals surface area contributed by atoms with Crippen LogP contribution in [0.25, 0.3) is 0 Å². The van der Waals surface area contributed by atoms with Crippen LogP contribution in [0.5, 0.6) is 0 Å². The number of rotatable bonds is 5. The molecular formula is C10H17BrN2S. The molecule has 0 fully saturated rings. The Balaban J connectivity index is 2.25. The number of nitrogens with one attached hydrogen (secondary N) is 1. The van der Waals surface area contributed by atoms with Crippen molar-refractivity contribution in [1.82, 2.24) is 5.32 Å². The van der Waals surface area contributed by atoms with E-state index in [1.54, 1.807) is 11.3 Å². The van der Waals surface area contributed by atoms with Crippen LogP contribution in [0, 0.1) is 5.92 Å². The van der Waals surface area contributed by atoms with Gasteiger partial charge in [0.25, 0.3) is 0 Å². The first kappa shape index (κ1) is 12.2. The highest BCUT2D eigenvalue weighted by Crippen LogP contribution is 2.22. The molecular weight excluding hydrogens is 260 g/mol. The van der Waals surface area contributed by atoms with E-state index in [2.05, 4.69) is 39.6 Å². The van der Waals surface area contributed by atoms with Crippen molar-refractivity contribution in [1.29, 1.82) is 0 Å². The molecule has 1 heterocycles. The number of thiophene rings is 1. The van der Waals surface area contributed by atoms with Crippen molar-refractivity contribution in [3.63, 3.8) is 0 Å². The zero-order chi connectivity index (χ0) is 10.6. The summed E-state index contributed by atoms with van der Waals surface area (Å²) in [6, 6.07) is 2.34. The highest BCUT2D eigenvalue weighted by atomic mass is 79.9. The van der Waals surface area contributed by atoms with Gasteiger partial charge in [0.15, 0.2) is 0 Å². The molecule has 0 aliphatic heterocycles. The third-order valence-corrected chi connectivity index (χ3v) is 4.27. The van der Waals surface area contributed by atoms with Crippen molar-refractivity contribution in [2.75, 3.05) is 6.54 Å². The van der Waals surface area contributed by atoms with E-state index in [-0.39, 0.29) is 6.04 Å². The Kier molecular flexibility index (Phi) is 5.09. The summed E-state index contributed by atoms with van der Waals surface area (Å²) in [7, 11) is 0. The predicted octanol–water partition coefficient (Wildman–Crippen LogP) is 2.58. The SMILES string of the molecule is CC(N)C(C)CNCc1sccc1Br. The Morgan fingerprint density at radius 2 is 2.29 bits per heavy atom. The van der Waals surface area contributed by atoms with Crippen molar-refractivity contribution < 1.29 is 0 Å². The molecule has 0 bridgehead atoms. The normalized spacial score (nSPS) is 15.4. The van der Waals surface area contributed by atoms with Crippen molar-refractivity contribution in [3.05, 3.63) is 20.8 Å². The fourth-order valence-corrected chi connectivity index (χ4v) is 2.51. The lowest BCUT2D eigenvalue weighted by atomic mass is 10.1. The van der Waals surface area contributed by atoms with Crippen molar-refractivity contribution in [2.45, 2.75) is 26.4 Å². The highest BCUT2D eigenvalue weighted by molar-refractivity contribution is 9.10. The molecule has 0 spiro atoms. The Morgan fingerprint density at radius 3 is 2.79 bits per heavy atom. The zero-order valence-corrected chi connectivity index (χ0v) is 11.0. The van der Waals surface area contributed by atoms with E-state index >= 15 is 0 Å². The standard InChI is InChI=1S/C10H17BrN2S/c1-7(8(2)12)5-13-6-10-9(11)3-4-14-10/h3-4,7-8,13H,5-6,12H2,1-2H3. The van der Waals surface area contributed by atoms with Crippen molar-refractivity contribution in [3.8, 4) is 0 Å². The minimum Gasteiger partial charge on any atom is -0.328 e. The van der Waals surface area contributed by atoms with Gasteiger partial charge in [-0.25, -0.2) is 0 Å². The number of nitrogens with two attached hydrogens (primary N) is 1. The average molecular weight is 277 g/mol. The molecule has 4 heteroatoms. The largest absolute Gasteiger partial charge is 0.328 e. The Bertz CT molecular complexity index is 273. The van der Waals surface area contributed by atoms with Gasteiger partial charge in [0.1, 0.15) is 0 Å². The minimum atomic E-state index is 0.259. The molecule has 2 unspecified atom stereocenters. The van der Waals surface area contributed by atoms with Crippen molar-refractivity contribution in [2.24, 2.45) is 11.7 Å². The molecule has 0 amide bonds. The summed E-state index contributed by atoms with van der Waals surface area (Å²) in [6.07, 6.45) is 0. The Hall–Kier alpha value is 0.100. The van der Waals surface area contributed by atoms with Gasteiger partial charge in [-0.05, 0) is 46.8 Å². The predicted molar refractivity (Wildman–Crippen MR) is 66.5 cm³/mol. The van der Waals surface area contributed by atoms with E-state index in [0.717, 1.165) is 13.1 Å². The lowest BCUT2D eigenvalue weighted by Crippen LogP contribution is -2.32. The van der Waals surface area contributed by atoms with Crippen LogP contribution in [0.2, 0.25) is 0 Å². The van der Waals surface area contributed by atoms with E-state index in [1.165, 1.54) is 9.35 Å². The number of hydrogen-bond acceptors (Lipinski definition) is 3. The zero-order valence-electron chi connectivity index (χ0n) is 8.59. The lowest BCUT2D eigenvalue weighted by Gasteiger charge is -2.15. The Labute approximate surface area is 98.0 Å². The summed E-state index contributed by atoms with van der Waals surface area (Å²) in [6.45, 7) is 6.12. The maximum atomic E-state index is 5.78. The molecule has 0 aliphatic rings. The summed E-state index contributed by atoms with van der Waals surface area (Å²) >= 11 is 5.28. The monoisotopic (exact) mass is 276 g/mol. The quantitative estimate of drug-likeness (QED) is 0.868. The molecule has 0 aromatic carbocycles. The van der Waals surface area contributed by atoms with Crippen LogP contribution < -0.4 is 11.1 Å². The first-order valence-electron chi connectivity index (χ1n) is 4.79. The van der Waals surface area contributed by atoms with E-state index in [9.17, 15) is 0 Å². The first-order valence-corrected chi connectivity index (χ1v) is 6.46. The summed E-state index contributed by atoms with van der Waals surface area (Å²) in [5.41, 5.74) is 5.78. The molecule has 80 valence electrons. The van der Waals surface area contributed by atoms with Crippen LogP contribution in [0.1, 0.15) is 18.7 Å². The molecule has 1 aromatic heterocycles. The van der Waals surface area contributed by atoms with Gasteiger partial charge in [-0.1, -0.05) is 6.92 Å². The molecule has 3 N–H and O–H groups in total. The van der Waals surface area contributed by atoms with E-state index in [4.69, 9.17) is 5.73 Å². The molecule has 2 nitrogen and oxygen atoms in total. The van der Waals surface area contributed by atoms with Crippen LogP contribution >= 0.6 is 27.3 Å². The second kappa shape index (κ2) is 5.85. The van der Waals surface area contributed by atoms with E-state index < -0.39 is 0 Å². The molecule has 2 atom stereocenters. The molecule has 1 aromatic rings. The molecule has 0 radical (unpaired) electrons. The van der Waals surface area contributed by atoms with Crippen LogP contribution in [-0.4, -0.2) is 12.6 Å². The van der Waals surface area contributed by atoms with Crippen LogP contribution in [-0.2, 0) is 6.54 Å². The fourth-order valence-electron chi connectivity index (χ4n) is 1.05. The summed E-state index contributed by atoms with van der Waals surface area (Å²) in [5, 5.41) is 5.50. The smallest absolute Gasteiger partial charge is 0.0327 e. The van der Waals surface area contributed by atoms with Gasteiger partial charge >= 0.3 is 0 Å². The third kappa shape index (κ3) is 3.69. The molecule has 0 aliphatic carbocycles. The van der Waals surface area contributed by atoms with Crippen LogP contribution in [0.15, 0.2) is 15.9 Å². The fraction of sp³-hybridized carbons (Fsp3) is 0.600. The first-order chi connectivity index (χ1) is 6.61. The highest BCUT2D eigenvalue weighted by Gasteiger charge is 2.07. The van der Waals surface area contributed by atoms with E-state index in [0.29, 0.717) is 5.92 Å². The van der Waals surface area contributed by atoms with Gasteiger partial charge < -0.3 is 11.1 Å². The van der Waals surface area contributed by atoms with Gasteiger partial charge in [0, 0.05) is 21.9 Å². The number of halogens is 1. The minimum absolute atomic E-state index is 0.259. The van der Waals surface area contributed by atoms with Crippen LogP contribution in [0.4, 0.5) is 0 Å². The molecule has 0 saturated heterocycles. The van der Waals surface area contributed by atoms with Gasteiger partial charge in [-0.2, -0.15) is 0 Å². The van der Waals surface area contributed by atoms with Crippen molar-refractivity contribution >= 4 is 27.3 Å². The molecule has 1 rings (SSSR count). The maximum Gasteiger partial charge on any atom is 0.0327 e. The number of hydrogen-bond donors (Lipinski definition) is 2.